The number of carbonyl (C=O) groups is 1. The minimum Gasteiger partial charge on any atom is -0.492 e. The molecule has 9 heteroatoms. The number of hydrogen-bond acceptors (Lipinski definition) is 5. The van der Waals surface area contributed by atoms with Crippen LogP contribution in [0.5, 0.6) is 5.75 Å². The summed E-state index contributed by atoms with van der Waals surface area (Å²) in [4.78, 5) is 20.4. The summed E-state index contributed by atoms with van der Waals surface area (Å²) < 4.78 is 11.2. The average molecular weight is 527 g/mol. The highest BCUT2D eigenvalue weighted by Gasteiger charge is 2.19. The van der Waals surface area contributed by atoms with Gasteiger partial charge in [-0.3, -0.25) is 9.69 Å². The van der Waals surface area contributed by atoms with Gasteiger partial charge in [-0.25, -0.2) is 4.99 Å². The lowest BCUT2D eigenvalue weighted by Crippen LogP contribution is -2.53. The molecule has 3 rings (SSSR count). The summed E-state index contributed by atoms with van der Waals surface area (Å²) in [5.74, 6) is 1.96. The Balaban J connectivity index is 0.00000320. The third-order valence-electron chi connectivity index (χ3n) is 4.72. The summed E-state index contributed by atoms with van der Waals surface area (Å²) in [6.45, 7) is 8.46. The molecule has 30 heavy (non-hydrogen) atoms. The number of ether oxygens (including phenoxy) is 1. The van der Waals surface area contributed by atoms with Crippen molar-refractivity contribution in [3.63, 3.8) is 0 Å². The number of amides is 1. The molecule has 1 amide bonds. The fourth-order valence-electron chi connectivity index (χ4n) is 3.17. The number of nitrogens with two attached hydrogens (primary N) is 1. The van der Waals surface area contributed by atoms with Gasteiger partial charge in [-0.2, -0.15) is 0 Å². The van der Waals surface area contributed by atoms with Crippen LogP contribution in [0, 0.1) is 0 Å². The number of primary amides is 1. The molecule has 0 bridgehead atoms. The quantitative estimate of drug-likeness (QED) is 0.311. The van der Waals surface area contributed by atoms with Gasteiger partial charge < -0.3 is 25.1 Å². The zero-order valence-electron chi connectivity index (χ0n) is 17.3. The van der Waals surface area contributed by atoms with Crippen LogP contribution in [0.25, 0.3) is 0 Å². The SMILES string of the molecule is CCNC(=NCc1ccc(C(N)=O)o1)N1CCN(CCOc2ccccc2)CC1.I. The summed E-state index contributed by atoms with van der Waals surface area (Å²) in [5.41, 5.74) is 5.23. The second-order valence-corrected chi connectivity index (χ2v) is 6.79. The Morgan fingerprint density at radius 1 is 1.17 bits per heavy atom. The van der Waals surface area contributed by atoms with Crippen molar-refractivity contribution in [3.8, 4) is 5.75 Å². The number of para-hydroxylation sites is 1. The topological polar surface area (TPSA) is 96.3 Å². The molecular weight excluding hydrogens is 497 g/mol. The van der Waals surface area contributed by atoms with Gasteiger partial charge in [0.25, 0.3) is 5.91 Å². The molecule has 1 aliphatic heterocycles. The Morgan fingerprint density at radius 2 is 1.90 bits per heavy atom. The molecule has 1 aromatic carbocycles. The fraction of sp³-hybridized carbons (Fsp3) is 0.429. The predicted molar refractivity (Wildman–Crippen MR) is 127 cm³/mol. The number of benzene rings is 1. The maximum atomic E-state index is 11.1. The van der Waals surface area contributed by atoms with E-state index in [1.807, 2.05) is 37.3 Å². The lowest BCUT2D eigenvalue weighted by Gasteiger charge is -2.36. The summed E-state index contributed by atoms with van der Waals surface area (Å²) >= 11 is 0. The Labute approximate surface area is 194 Å². The van der Waals surface area contributed by atoms with E-state index in [4.69, 9.17) is 14.9 Å². The summed E-state index contributed by atoms with van der Waals surface area (Å²) in [6.07, 6.45) is 0. The zero-order chi connectivity index (χ0) is 20.5. The number of furan rings is 1. The third kappa shape index (κ3) is 7.21. The van der Waals surface area contributed by atoms with Gasteiger partial charge in [0.05, 0.1) is 0 Å². The minimum absolute atomic E-state index is 0. The molecule has 1 aliphatic rings. The third-order valence-corrected chi connectivity index (χ3v) is 4.72. The maximum absolute atomic E-state index is 11.1. The van der Waals surface area contributed by atoms with Gasteiger partial charge in [0, 0.05) is 39.3 Å². The van der Waals surface area contributed by atoms with E-state index in [-0.39, 0.29) is 29.7 Å². The molecule has 1 fully saturated rings. The molecule has 0 radical (unpaired) electrons. The van der Waals surface area contributed by atoms with Crippen molar-refractivity contribution in [1.29, 1.82) is 0 Å². The Bertz CT molecular complexity index is 804. The number of guanidine groups is 1. The van der Waals surface area contributed by atoms with Crippen LogP contribution in [-0.4, -0.2) is 67.5 Å². The molecule has 2 heterocycles. The van der Waals surface area contributed by atoms with Crippen LogP contribution in [0.1, 0.15) is 23.2 Å². The summed E-state index contributed by atoms with van der Waals surface area (Å²) in [6, 6.07) is 13.2. The van der Waals surface area contributed by atoms with Gasteiger partial charge in [-0.15, -0.1) is 24.0 Å². The monoisotopic (exact) mass is 527 g/mol. The fourth-order valence-corrected chi connectivity index (χ4v) is 3.17. The van der Waals surface area contributed by atoms with Crippen molar-refractivity contribution in [3.05, 3.63) is 54.0 Å². The Hall–Kier alpha value is -2.27. The van der Waals surface area contributed by atoms with Crippen LogP contribution in [0.3, 0.4) is 0 Å². The number of carbonyl (C=O) groups excluding carboxylic acids is 1. The van der Waals surface area contributed by atoms with Crippen molar-refractivity contribution in [2.24, 2.45) is 10.7 Å². The van der Waals surface area contributed by atoms with E-state index in [1.54, 1.807) is 12.1 Å². The van der Waals surface area contributed by atoms with Gasteiger partial charge in [-0.05, 0) is 31.2 Å². The van der Waals surface area contributed by atoms with Crippen molar-refractivity contribution in [2.75, 3.05) is 45.9 Å². The first-order valence-electron chi connectivity index (χ1n) is 9.97. The minimum atomic E-state index is -0.570. The van der Waals surface area contributed by atoms with Gasteiger partial charge in [-0.1, -0.05) is 18.2 Å². The number of halogens is 1. The van der Waals surface area contributed by atoms with E-state index in [2.05, 4.69) is 20.1 Å². The van der Waals surface area contributed by atoms with Crippen LogP contribution in [0.15, 0.2) is 51.9 Å². The lowest BCUT2D eigenvalue weighted by molar-refractivity contribution is 0.0972. The molecule has 0 aliphatic carbocycles. The van der Waals surface area contributed by atoms with E-state index in [9.17, 15) is 4.79 Å². The maximum Gasteiger partial charge on any atom is 0.284 e. The van der Waals surface area contributed by atoms with E-state index < -0.39 is 5.91 Å². The van der Waals surface area contributed by atoms with Crippen molar-refractivity contribution < 1.29 is 13.9 Å². The van der Waals surface area contributed by atoms with Crippen LogP contribution in [0.4, 0.5) is 0 Å². The van der Waals surface area contributed by atoms with Gasteiger partial charge >= 0.3 is 0 Å². The van der Waals surface area contributed by atoms with Gasteiger partial charge in [0.2, 0.25) is 0 Å². The molecule has 1 aromatic heterocycles. The molecule has 0 unspecified atom stereocenters. The Kier molecular flexibility index (Phi) is 9.95. The molecule has 1 saturated heterocycles. The van der Waals surface area contributed by atoms with Gasteiger partial charge in [0.15, 0.2) is 11.7 Å². The largest absolute Gasteiger partial charge is 0.492 e. The number of piperazine rings is 1. The lowest BCUT2D eigenvalue weighted by atomic mass is 10.3. The average Bonchev–Trinajstić information content (AvgIpc) is 3.22. The highest BCUT2D eigenvalue weighted by molar-refractivity contribution is 14.0. The molecule has 8 nitrogen and oxygen atoms in total. The second kappa shape index (κ2) is 12.4. The van der Waals surface area contributed by atoms with Gasteiger partial charge in [0.1, 0.15) is 24.7 Å². The molecule has 2 aromatic rings. The zero-order valence-corrected chi connectivity index (χ0v) is 19.6. The van der Waals surface area contributed by atoms with Crippen LogP contribution >= 0.6 is 24.0 Å². The molecule has 0 spiro atoms. The van der Waals surface area contributed by atoms with Crippen LogP contribution < -0.4 is 15.8 Å². The number of nitrogens with zero attached hydrogens (tertiary/aromatic N) is 3. The normalized spacial score (nSPS) is 14.8. The standard InChI is InChI=1S/C21H29N5O3.HI/c1-2-23-21(24-16-18-8-9-19(29-18)20(22)27)26-12-10-25(11-13-26)14-15-28-17-6-4-3-5-7-17;/h3-9H,2,10-16H2,1H3,(H2,22,27)(H,23,24);1H. The number of hydrogen-bond donors (Lipinski definition) is 2. The van der Waals surface area contributed by atoms with E-state index in [0.29, 0.717) is 18.9 Å². The van der Waals surface area contributed by atoms with E-state index in [1.165, 1.54) is 0 Å². The molecule has 0 saturated carbocycles. The van der Waals surface area contributed by atoms with Crippen molar-refractivity contribution in [2.45, 2.75) is 13.5 Å². The van der Waals surface area contributed by atoms with Crippen molar-refractivity contribution in [1.82, 2.24) is 15.1 Å². The van der Waals surface area contributed by atoms with E-state index in [0.717, 1.165) is 51.0 Å². The van der Waals surface area contributed by atoms with Crippen LogP contribution in [-0.2, 0) is 6.54 Å². The highest BCUT2D eigenvalue weighted by Crippen LogP contribution is 2.10. The predicted octanol–water partition coefficient (Wildman–Crippen LogP) is 2.16. The first-order chi connectivity index (χ1) is 14.2. The number of nitrogens with one attached hydrogen (secondary N) is 1. The number of aliphatic imine (C=N–C) groups is 1. The molecule has 3 N–H and O–H groups in total. The summed E-state index contributed by atoms with van der Waals surface area (Å²) in [5, 5.41) is 3.33. The first-order valence-corrected chi connectivity index (χ1v) is 9.97. The molecule has 164 valence electrons. The van der Waals surface area contributed by atoms with Crippen molar-refractivity contribution >= 4 is 35.8 Å². The number of rotatable bonds is 8. The highest BCUT2D eigenvalue weighted by atomic mass is 127. The molecule has 0 atom stereocenters. The smallest absolute Gasteiger partial charge is 0.284 e. The first kappa shape index (κ1) is 24.0. The van der Waals surface area contributed by atoms with E-state index >= 15 is 0 Å². The second-order valence-electron chi connectivity index (χ2n) is 6.79. The molecular formula is C21H30IN5O3. The van der Waals surface area contributed by atoms with Crippen LogP contribution in [0.2, 0.25) is 0 Å². The Morgan fingerprint density at radius 3 is 2.53 bits per heavy atom. The summed E-state index contributed by atoms with van der Waals surface area (Å²) in [7, 11) is 0.